The molecular weight excluding hydrogens is 326 g/mol. The van der Waals surface area contributed by atoms with Gasteiger partial charge in [-0.25, -0.2) is 0 Å². The molecule has 1 aliphatic carbocycles. The Hall–Kier alpha value is -1.55. The van der Waals surface area contributed by atoms with Crippen LogP contribution in [-0.4, -0.2) is 30.4 Å². The highest BCUT2D eigenvalue weighted by molar-refractivity contribution is 6.30. The molecule has 4 nitrogen and oxygen atoms in total. The van der Waals surface area contributed by atoms with Crippen molar-refractivity contribution in [3.05, 3.63) is 34.9 Å². The van der Waals surface area contributed by atoms with Crippen molar-refractivity contribution in [3.8, 4) is 0 Å². The largest absolute Gasteiger partial charge is 0.469 e. The van der Waals surface area contributed by atoms with Crippen LogP contribution in [0.25, 0.3) is 0 Å². The van der Waals surface area contributed by atoms with Crippen LogP contribution < -0.4 is 0 Å². The summed E-state index contributed by atoms with van der Waals surface area (Å²) in [7, 11) is 1.38. The Kier molecular flexibility index (Phi) is 7.10. The van der Waals surface area contributed by atoms with Gasteiger partial charge in [0.2, 0.25) is 5.91 Å². The molecule has 1 aliphatic rings. The fourth-order valence-electron chi connectivity index (χ4n) is 3.26. The van der Waals surface area contributed by atoms with Gasteiger partial charge in [-0.05, 0) is 30.5 Å². The van der Waals surface area contributed by atoms with Crippen LogP contribution in [0.15, 0.2) is 24.3 Å². The first-order valence-corrected chi connectivity index (χ1v) is 9.00. The van der Waals surface area contributed by atoms with Crippen molar-refractivity contribution in [3.63, 3.8) is 0 Å². The van der Waals surface area contributed by atoms with Crippen LogP contribution in [0.5, 0.6) is 0 Å². The molecule has 1 aromatic rings. The van der Waals surface area contributed by atoms with Gasteiger partial charge in [0.1, 0.15) is 0 Å². The summed E-state index contributed by atoms with van der Waals surface area (Å²) in [5.74, 6) is -0.390. The summed E-state index contributed by atoms with van der Waals surface area (Å²) in [6, 6.07) is 7.49. The van der Waals surface area contributed by atoms with Crippen LogP contribution in [0.2, 0.25) is 5.02 Å². The van der Waals surface area contributed by atoms with Gasteiger partial charge in [-0.3, -0.25) is 9.59 Å². The highest BCUT2D eigenvalue weighted by Gasteiger charge is 2.28. The third kappa shape index (κ3) is 5.23. The number of nitrogens with zero attached hydrogens (tertiary/aromatic N) is 1. The number of carbonyl (C=O) groups excluding carboxylic acids is 2. The summed E-state index contributed by atoms with van der Waals surface area (Å²) in [6.45, 7) is 2.67. The number of halogens is 1. The monoisotopic (exact) mass is 351 g/mol. The number of rotatable bonds is 6. The minimum Gasteiger partial charge on any atom is -0.469 e. The minimum absolute atomic E-state index is 0.0795. The molecule has 0 bridgehead atoms. The summed E-state index contributed by atoms with van der Waals surface area (Å²) in [5, 5.41) is 0.673. The molecule has 1 unspecified atom stereocenters. The summed E-state index contributed by atoms with van der Waals surface area (Å²) in [5.41, 5.74) is 1.01. The number of benzene rings is 1. The summed E-state index contributed by atoms with van der Waals surface area (Å²) in [6.07, 6.45) is 5.32. The second-order valence-electron chi connectivity index (χ2n) is 6.60. The van der Waals surface area contributed by atoms with E-state index >= 15 is 0 Å². The molecule has 0 radical (unpaired) electrons. The van der Waals surface area contributed by atoms with Crippen molar-refractivity contribution in [1.82, 2.24) is 4.90 Å². The molecule has 0 spiro atoms. The van der Waals surface area contributed by atoms with Crippen molar-refractivity contribution in [1.29, 1.82) is 0 Å². The van der Waals surface area contributed by atoms with Crippen molar-refractivity contribution < 1.29 is 14.3 Å². The molecule has 0 aliphatic heterocycles. The lowest BCUT2D eigenvalue weighted by Crippen LogP contribution is -2.40. The number of carbonyl (C=O) groups is 2. The maximum absolute atomic E-state index is 13.0. The van der Waals surface area contributed by atoms with Gasteiger partial charge in [0, 0.05) is 24.0 Å². The van der Waals surface area contributed by atoms with Crippen molar-refractivity contribution >= 4 is 23.5 Å². The average Bonchev–Trinajstić information content (AvgIpc) is 2.62. The molecule has 1 amide bonds. The molecule has 1 fully saturated rings. The quantitative estimate of drug-likeness (QED) is 0.726. The third-order valence-corrected chi connectivity index (χ3v) is 4.90. The van der Waals surface area contributed by atoms with E-state index in [-0.39, 0.29) is 23.7 Å². The maximum atomic E-state index is 13.0. The second-order valence-corrected chi connectivity index (χ2v) is 7.04. The fourth-order valence-corrected chi connectivity index (χ4v) is 3.38. The topological polar surface area (TPSA) is 46.6 Å². The Labute approximate surface area is 149 Å². The van der Waals surface area contributed by atoms with Crippen LogP contribution in [0.3, 0.4) is 0 Å². The van der Waals surface area contributed by atoms with E-state index in [0.29, 0.717) is 18.1 Å². The zero-order valence-corrected chi connectivity index (χ0v) is 15.2. The molecule has 2 rings (SSSR count). The normalized spacial score (nSPS) is 16.5. The summed E-state index contributed by atoms with van der Waals surface area (Å²) < 4.78 is 4.81. The fraction of sp³-hybridized carbons (Fsp3) is 0.579. The van der Waals surface area contributed by atoms with Gasteiger partial charge in [0.15, 0.2) is 0 Å². The Bertz CT molecular complexity index is 552. The molecule has 1 atom stereocenters. The predicted molar refractivity (Wildman–Crippen MR) is 94.6 cm³/mol. The average molecular weight is 352 g/mol. The predicted octanol–water partition coefficient (Wildman–Crippen LogP) is 4.06. The van der Waals surface area contributed by atoms with Crippen molar-refractivity contribution in [2.75, 3.05) is 13.7 Å². The van der Waals surface area contributed by atoms with E-state index in [9.17, 15) is 9.59 Å². The molecule has 132 valence electrons. The Morgan fingerprint density at radius 3 is 2.42 bits per heavy atom. The molecule has 0 aromatic heterocycles. The molecule has 0 saturated heterocycles. The molecule has 0 heterocycles. The van der Waals surface area contributed by atoms with E-state index in [1.54, 1.807) is 11.8 Å². The molecular formula is C19H26ClNO3. The number of methoxy groups -OCH3 is 1. The van der Waals surface area contributed by atoms with Gasteiger partial charge >= 0.3 is 5.97 Å². The Balaban J connectivity index is 2.11. The maximum Gasteiger partial charge on any atom is 0.310 e. The smallest absolute Gasteiger partial charge is 0.310 e. The van der Waals surface area contributed by atoms with E-state index < -0.39 is 0 Å². The van der Waals surface area contributed by atoms with E-state index in [4.69, 9.17) is 16.3 Å². The van der Waals surface area contributed by atoms with Gasteiger partial charge in [-0.15, -0.1) is 0 Å². The lowest BCUT2D eigenvalue weighted by atomic mass is 9.88. The van der Waals surface area contributed by atoms with Gasteiger partial charge in [-0.2, -0.15) is 0 Å². The van der Waals surface area contributed by atoms with Crippen molar-refractivity contribution in [2.24, 2.45) is 11.8 Å². The number of esters is 1. The Morgan fingerprint density at radius 2 is 1.83 bits per heavy atom. The van der Waals surface area contributed by atoms with Gasteiger partial charge < -0.3 is 9.64 Å². The highest BCUT2D eigenvalue weighted by atomic mass is 35.5. The molecule has 1 saturated carbocycles. The molecule has 1 aromatic carbocycles. The standard InChI is InChI=1S/C19H26ClNO3/c1-14(19(23)24-2)12-21(13-15-8-10-17(20)11-9-15)18(22)16-6-4-3-5-7-16/h8-11,14,16H,3-7,12-13H2,1-2H3. The number of hydrogen-bond donors (Lipinski definition) is 0. The zero-order chi connectivity index (χ0) is 17.5. The highest BCUT2D eigenvalue weighted by Crippen LogP contribution is 2.26. The van der Waals surface area contributed by atoms with Gasteiger partial charge in [0.05, 0.1) is 13.0 Å². The minimum atomic E-state index is -0.338. The Morgan fingerprint density at radius 1 is 1.21 bits per heavy atom. The molecule has 0 N–H and O–H groups in total. The first kappa shape index (κ1) is 18.8. The summed E-state index contributed by atoms with van der Waals surface area (Å²) >= 11 is 5.94. The SMILES string of the molecule is COC(=O)C(C)CN(Cc1ccc(Cl)cc1)C(=O)C1CCCCC1. The van der Waals surface area contributed by atoms with Gasteiger partial charge in [-0.1, -0.05) is 49.9 Å². The number of amides is 1. The zero-order valence-electron chi connectivity index (χ0n) is 14.5. The van der Waals surface area contributed by atoms with E-state index in [1.165, 1.54) is 13.5 Å². The van der Waals surface area contributed by atoms with Gasteiger partial charge in [0.25, 0.3) is 0 Å². The summed E-state index contributed by atoms with van der Waals surface area (Å²) in [4.78, 5) is 26.5. The van der Waals surface area contributed by atoms with E-state index in [0.717, 1.165) is 31.2 Å². The second kappa shape index (κ2) is 9.07. The third-order valence-electron chi connectivity index (χ3n) is 4.65. The van der Waals surface area contributed by atoms with E-state index in [2.05, 4.69) is 0 Å². The van der Waals surface area contributed by atoms with Crippen LogP contribution in [-0.2, 0) is 20.9 Å². The molecule has 24 heavy (non-hydrogen) atoms. The van der Waals surface area contributed by atoms with Crippen LogP contribution in [0.1, 0.15) is 44.6 Å². The van der Waals surface area contributed by atoms with Crippen LogP contribution >= 0.6 is 11.6 Å². The van der Waals surface area contributed by atoms with E-state index in [1.807, 2.05) is 24.3 Å². The van der Waals surface area contributed by atoms with Crippen molar-refractivity contribution in [2.45, 2.75) is 45.6 Å². The van der Waals surface area contributed by atoms with Crippen LogP contribution in [0, 0.1) is 11.8 Å². The number of hydrogen-bond acceptors (Lipinski definition) is 3. The first-order chi connectivity index (χ1) is 11.5. The lowest BCUT2D eigenvalue weighted by molar-refractivity contribution is -0.147. The van der Waals surface area contributed by atoms with Crippen LogP contribution in [0.4, 0.5) is 0 Å². The lowest BCUT2D eigenvalue weighted by Gasteiger charge is -2.31. The molecule has 5 heteroatoms. The number of ether oxygens (including phenoxy) is 1. The first-order valence-electron chi connectivity index (χ1n) is 8.62.